The second-order valence-electron chi connectivity index (χ2n) is 6.60. The number of rotatable bonds is 5. The third-order valence-corrected chi connectivity index (χ3v) is 7.26. The lowest BCUT2D eigenvalue weighted by atomic mass is 10.2. The van der Waals surface area contributed by atoms with E-state index in [-0.39, 0.29) is 16.5 Å². The molecule has 0 saturated carbocycles. The predicted molar refractivity (Wildman–Crippen MR) is 107 cm³/mol. The lowest BCUT2D eigenvalue weighted by Gasteiger charge is -2.14. The van der Waals surface area contributed by atoms with Crippen molar-refractivity contribution in [1.82, 2.24) is 0 Å². The Morgan fingerprint density at radius 1 is 1.24 bits per heavy atom. The zero-order valence-corrected chi connectivity index (χ0v) is 17.0. The first kappa shape index (κ1) is 21.3. The van der Waals surface area contributed by atoms with E-state index in [1.54, 1.807) is 6.07 Å². The number of nitrogens with one attached hydrogen (secondary N) is 2. The summed E-state index contributed by atoms with van der Waals surface area (Å²) in [4.78, 5) is 24.7. The van der Waals surface area contributed by atoms with Crippen LogP contribution in [0.25, 0.3) is 0 Å². The molecule has 29 heavy (non-hydrogen) atoms. The van der Waals surface area contributed by atoms with Crippen LogP contribution in [0.2, 0.25) is 0 Å². The van der Waals surface area contributed by atoms with Gasteiger partial charge < -0.3 is 10.6 Å². The lowest BCUT2D eigenvalue weighted by molar-refractivity contribution is -0.119. The van der Waals surface area contributed by atoms with Gasteiger partial charge in [0.1, 0.15) is 11.6 Å². The molecule has 0 aliphatic carbocycles. The molecule has 0 bridgehead atoms. The number of fused-ring (bicyclic) bond motifs is 1. The molecule has 1 heterocycles. The van der Waals surface area contributed by atoms with Gasteiger partial charge in [-0.1, -0.05) is 6.92 Å². The topological polar surface area (TPSA) is 92.3 Å². The molecule has 0 saturated heterocycles. The SMILES string of the molecule is C[C@@H](CS(=O)(=O)c1ccc2c(c1)NC(=O)CCS2)C(=O)Nc1cc(F)ccc1F. The van der Waals surface area contributed by atoms with Crippen molar-refractivity contribution in [2.24, 2.45) is 5.92 Å². The molecule has 0 aromatic heterocycles. The van der Waals surface area contributed by atoms with E-state index in [0.717, 1.165) is 23.1 Å². The number of benzene rings is 2. The van der Waals surface area contributed by atoms with Crippen LogP contribution < -0.4 is 10.6 Å². The van der Waals surface area contributed by atoms with E-state index >= 15 is 0 Å². The molecule has 1 aliphatic rings. The van der Waals surface area contributed by atoms with Gasteiger partial charge in [0, 0.05) is 29.1 Å². The van der Waals surface area contributed by atoms with Crippen molar-refractivity contribution >= 4 is 44.8 Å². The minimum absolute atomic E-state index is 0.0318. The first-order valence-electron chi connectivity index (χ1n) is 8.71. The zero-order chi connectivity index (χ0) is 21.2. The number of hydrogen-bond acceptors (Lipinski definition) is 5. The Kier molecular flexibility index (Phi) is 6.23. The maximum absolute atomic E-state index is 13.7. The second-order valence-corrected chi connectivity index (χ2v) is 9.77. The highest BCUT2D eigenvalue weighted by Gasteiger charge is 2.25. The van der Waals surface area contributed by atoms with Crippen LogP contribution in [0.3, 0.4) is 0 Å². The fourth-order valence-corrected chi connectivity index (χ4v) is 5.25. The van der Waals surface area contributed by atoms with Gasteiger partial charge in [0.2, 0.25) is 11.8 Å². The number of anilines is 2. The van der Waals surface area contributed by atoms with Crippen LogP contribution in [-0.4, -0.2) is 31.7 Å². The summed E-state index contributed by atoms with van der Waals surface area (Å²) in [5.74, 6) is -3.47. The molecule has 0 unspecified atom stereocenters. The third-order valence-electron chi connectivity index (χ3n) is 4.27. The molecule has 0 radical (unpaired) electrons. The molecule has 2 N–H and O–H groups in total. The first-order chi connectivity index (χ1) is 13.7. The predicted octanol–water partition coefficient (Wildman–Crippen LogP) is 3.45. The Hall–Kier alpha value is -2.46. The monoisotopic (exact) mass is 440 g/mol. The van der Waals surface area contributed by atoms with Crippen molar-refractivity contribution in [2.75, 3.05) is 22.1 Å². The Labute approximate surface area is 171 Å². The average molecular weight is 440 g/mol. The van der Waals surface area contributed by atoms with E-state index in [1.165, 1.54) is 30.8 Å². The minimum atomic E-state index is -3.87. The summed E-state index contributed by atoms with van der Waals surface area (Å²) in [7, 11) is -3.87. The molecule has 0 fully saturated rings. The van der Waals surface area contributed by atoms with Gasteiger partial charge in [-0.25, -0.2) is 17.2 Å². The lowest BCUT2D eigenvalue weighted by Crippen LogP contribution is -2.27. The highest BCUT2D eigenvalue weighted by molar-refractivity contribution is 7.99. The van der Waals surface area contributed by atoms with E-state index in [0.29, 0.717) is 17.9 Å². The van der Waals surface area contributed by atoms with E-state index in [4.69, 9.17) is 0 Å². The van der Waals surface area contributed by atoms with E-state index in [2.05, 4.69) is 10.6 Å². The molecule has 1 aliphatic heterocycles. The number of thioether (sulfide) groups is 1. The van der Waals surface area contributed by atoms with Gasteiger partial charge in [-0.2, -0.15) is 0 Å². The summed E-state index contributed by atoms with van der Waals surface area (Å²) in [6.07, 6.45) is 0.329. The molecule has 0 spiro atoms. The molecule has 10 heteroatoms. The molecular weight excluding hydrogens is 422 g/mol. The maximum atomic E-state index is 13.7. The Morgan fingerprint density at radius 3 is 2.76 bits per heavy atom. The number of hydrogen-bond donors (Lipinski definition) is 2. The summed E-state index contributed by atoms with van der Waals surface area (Å²) >= 11 is 1.45. The van der Waals surface area contributed by atoms with E-state index in [1.807, 2.05) is 0 Å². The van der Waals surface area contributed by atoms with Crippen LogP contribution in [0.1, 0.15) is 13.3 Å². The van der Waals surface area contributed by atoms with Gasteiger partial charge in [-0.15, -0.1) is 11.8 Å². The van der Waals surface area contributed by atoms with Crippen LogP contribution in [0, 0.1) is 17.6 Å². The minimum Gasteiger partial charge on any atom is -0.325 e. The van der Waals surface area contributed by atoms with Gasteiger partial charge in [-0.05, 0) is 30.3 Å². The van der Waals surface area contributed by atoms with E-state index in [9.17, 15) is 26.8 Å². The van der Waals surface area contributed by atoms with Crippen molar-refractivity contribution in [2.45, 2.75) is 23.1 Å². The van der Waals surface area contributed by atoms with E-state index < -0.39 is 39.0 Å². The summed E-state index contributed by atoms with van der Waals surface area (Å²) < 4.78 is 52.4. The summed E-state index contributed by atoms with van der Waals surface area (Å²) in [6.45, 7) is 1.38. The van der Waals surface area contributed by atoms with Gasteiger partial charge in [-0.3, -0.25) is 9.59 Å². The van der Waals surface area contributed by atoms with Gasteiger partial charge in [0.05, 0.1) is 22.0 Å². The number of carbonyl (C=O) groups excluding carboxylic acids is 2. The van der Waals surface area contributed by atoms with Crippen molar-refractivity contribution in [3.8, 4) is 0 Å². The molecule has 154 valence electrons. The zero-order valence-electron chi connectivity index (χ0n) is 15.4. The molecular formula is C19H18F2N2O4S2. The van der Waals surface area contributed by atoms with Gasteiger partial charge in [0.25, 0.3) is 0 Å². The number of halogens is 2. The fraction of sp³-hybridized carbons (Fsp3) is 0.263. The average Bonchev–Trinajstić information content (AvgIpc) is 2.84. The molecule has 3 rings (SSSR count). The molecule has 2 amide bonds. The number of amides is 2. The first-order valence-corrected chi connectivity index (χ1v) is 11.3. The maximum Gasteiger partial charge on any atom is 0.228 e. The van der Waals surface area contributed by atoms with Crippen molar-refractivity contribution < 1.29 is 26.8 Å². The smallest absolute Gasteiger partial charge is 0.228 e. The molecule has 2 aromatic carbocycles. The fourth-order valence-electron chi connectivity index (χ4n) is 2.74. The Bertz CT molecular complexity index is 1070. The van der Waals surface area contributed by atoms with Gasteiger partial charge in [0.15, 0.2) is 9.84 Å². The standard InChI is InChI=1S/C19H18F2N2O4S2/c1-11(19(25)23-15-8-12(20)2-4-14(15)21)10-29(26,27)13-3-5-17-16(9-13)22-18(24)6-7-28-17/h2-5,8-9,11H,6-7,10H2,1H3,(H,22,24)(H,23,25)/t11-/m0/s1. The largest absolute Gasteiger partial charge is 0.325 e. The van der Waals surface area contributed by atoms with Crippen LogP contribution in [0.5, 0.6) is 0 Å². The Morgan fingerprint density at radius 2 is 2.00 bits per heavy atom. The van der Waals surface area contributed by atoms with Crippen LogP contribution in [0.4, 0.5) is 20.2 Å². The molecule has 2 aromatic rings. The highest BCUT2D eigenvalue weighted by Crippen LogP contribution is 2.33. The number of sulfone groups is 1. The van der Waals surface area contributed by atoms with Crippen molar-refractivity contribution in [3.05, 3.63) is 48.0 Å². The second kappa shape index (κ2) is 8.50. The molecule has 6 nitrogen and oxygen atoms in total. The summed E-state index contributed by atoms with van der Waals surface area (Å²) in [5, 5.41) is 4.88. The summed E-state index contributed by atoms with van der Waals surface area (Å²) in [5.41, 5.74) is 0.0570. The van der Waals surface area contributed by atoms with Crippen molar-refractivity contribution in [3.63, 3.8) is 0 Å². The quantitative estimate of drug-likeness (QED) is 0.743. The van der Waals surface area contributed by atoms with Crippen LogP contribution in [-0.2, 0) is 19.4 Å². The normalized spacial score (nSPS) is 15.1. The van der Waals surface area contributed by atoms with Crippen molar-refractivity contribution in [1.29, 1.82) is 0 Å². The Balaban J connectivity index is 1.75. The third kappa shape index (κ3) is 5.13. The summed E-state index contributed by atoms with van der Waals surface area (Å²) in [6, 6.07) is 7.02. The van der Waals surface area contributed by atoms with Crippen LogP contribution in [0.15, 0.2) is 46.2 Å². The van der Waals surface area contributed by atoms with Crippen LogP contribution >= 0.6 is 11.8 Å². The number of carbonyl (C=O) groups is 2. The highest BCUT2D eigenvalue weighted by atomic mass is 32.2. The molecule has 1 atom stereocenters. The van der Waals surface area contributed by atoms with Gasteiger partial charge >= 0.3 is 0 Å².